The number of pyridine rings is 2. The maximum atomic E-state index is 12.9. The first-order chi connectivity index (χ1) is 12.6. The Bertz CT molecular complexity index is 933. The van der Waals surface area contributed by atoms with Gasteiger partial charge in [0.1, 0.15) is 20.5 Å². The minimum atomic E-state index is -4.54. The van der Waals surface area contributed by atoms with Crippen molar-refractivity contribution < 1.29 is 21.6 Å². The van der Waals surface area contributed by atoms with Gasteiger partial charge in [0.25, 0.3) is 0 Å². The number of rotatable bonds is 3. The average molecular weight is 486 g/mol. The summed E-state index contributed by atoms with van der Waals surface area (Å²) in [6.07, 6.45) is -3.29. The highest BCUT2D eigenvalue weighted by molar-refractivity contribution is 9.10. The number of hydrogen-bond acceptors (Lipinski definition) is 5. The molecule has 0 radical (unpaired) electrons. The summed E-state index contributed by atoms with van der Waals surface area (Å²) in [5.41, 5.74) is -0.895. The highest BCUT2D eigenvalue weighted by Crippen LogP contribution is 2.33. The summed E-state index contributed by atoms with van der Waals surface area (Å²) in [6, 6.07) is 4.63. The van der Waals surface area contributed by atoms with E-state index in [4.69, 9.17) is 11.6 Å². The lowest BCUT2D eigenvalue weighted by molar-refractivity contribution is -0.137. The Balaban J connectivity index is 1.76. The number of anilines is 1. The fraction of sp³-hybridized carbons (Fsp3) is 0.333. The van der Waals surface area contributed by atoms with Crippen LogP contribution in [0, 0.1) is 0 Å². The Kier molecular flexibility index (Phi) is 5.67. The molecule has 6 nitrogen and oxygen atoms in total. The minimum Gasteiger partial charge on any atom is -0.354 e. The molecule has 2 aromatic heterocycles. The van der Waals surface area contributed by atoms with Crippen molar-refractivity contribution >= 4 is 43.4 Å². The quantitative estimate of drug-likeness (QED) is 0.623. The van der Waals surface area contributed by atoms with E-state index in [1.807, 2.05) is 0 Å². The molecule has 3 rings (SSSR count). The van der Waals surface area contributed by atoms with Gasteiger partial charge < -0.3 is 4.90 Å². The van der Waals surface area contributed by atoms with Gasteiger partial charge in [0.05, 0.1) is 5.56 Å². The van der Waals surface area contributed by atoms with Crippen LogP contribution in [-0.4, -0.2) is 48.9 Å². The van der Waals surface area contributed by atoms with Crippen LogP contribution in [0.2, 0.25) is 5.15 Å². The van der Waals surface area contributed by atoms with Crippen LogP contribution in [0.25, 0.3) is 0 Å². The topological polar surface area (TPSA) is 66.4 Å². The number of piperazine rings is 1. The molecule has 12 heteroatoms. The number of sulfonamides is 1. The second-order valence-corrected chi connectivity index (χ2v) is 8.88. The molecule has 0 spiro atoms. The van der Waals surface area contributed by atoms with Gasteiger partial charge in [-0.05, 0) is 40.2 Å². The van der Waals surface area contributed by atoms with Gasteiger partial charge in [-0.3, -0.25) is 0 Å². The Morgan fingerprint density at radius 2 is 1.78 bits per heavy atom. The zero-order chi connectivity index (χ0) is 19.8. The normalized spacial score (nSPS) is 16.6. The van der Waals surface area contributed by atoms with Crippen molar-refractivity contribution in [3.63, 3.8) is 0 Å². The number of hydrogen-bond donors (Lipinski definition) is 0. The van der Waals surface area contributed by atoms with Gasteiger partial charge in [0, 0.05) is 32.4 Å². The summed E-state index contributed by atoms with van der Waals surface area (Å²) in [6.45, 7) is 0.587. The van der Waals surface area contributed by atoms with Crippen molar-refractivity contribution in [3.8, 4) is 0 Å². The molecule has 146 valence electrons. The fourth-order valence-corrected chi connectivity index (χ4v) is 4.44. The van der Waals surface area contributed by atoms with E-state index in [0.717, 1.165) is 12.1 Å². The molecule has 0 aromatic carbocycles. The molecule has 1 aliphatic heterocycles. The van der Waals surface area contributed by atoms with Crippen LogP contribution in [0.3, 0.4) is 0 Å². The van der Waals surface area contributed by atoms with Crippen molar-refractivity contribution in [1.82, 2.24) is 14.3 Å². The van der Waals surface area contributed by atoms with Crippen molar-refractivity contribution in [2.75, 3.05) is 31.1 Å². The first-order valence-corrected chi connectivity index (χ1v) is 10.3. The van der Waals surface area contributed by atoms with Crippen LogP contribution in [0.4, 0.5) is 19.0 Å². The molecule has 1 aliphatic rings. The fourth-order valence-electron chi connectivity index (χ4n) is 2.63. The molecule has 0 atom stereocenters. The molecule has 1 saturated heterocycles. The third-order valence-corrected chi connectivity index (χ3v) is 6.55. The number of halogens is 5. The SMILES string of the molecule is O=S(=O)(c1ccc(Br)nc1)N1CCN(c2cc(C(F)(F)F)cc(Cl)n2)CC1. The molecular weight excluding hydrogens is 473 g/mol. The van der Waals surface area contributed by atoms with Crippen molar-refractivity contribution in [2.45, 2.75) is 11.1 Å². The second kappa shape index (κ2) is 7.53. The molecule has 1 fully saturated rings. The van der Waals surface area contributed by atoms with E-state index in [9.17, 15) is 21.6 Å². The molecule has 0 aliphatic carbocycles. The lowest BCUT2D eigenvalue weighted by atomic mass is 10.2. The van der Waals surface area contributed by atoms with Crippen LogP contribution < -0.4 is 4.90 Å². The van der Waals surface area contributed by atoms with Gasteiger partial charge in [0.2, 0.25) is 10.0 Å². The molecule has 27 heavy (non-hydrogen) atoms. The van der Waals surface area contributed by atoms with Crippen LogP contribution in [0.5, 0.6) is 0 Å². The maximum absolute atomic E-state index is 12.9. The molecule has 3 heterocycles. The smallest absolute Gasteiger partial charge is 0.354 e. The lowest BCUT2D eigenvalue weighted by Gasteiger charge is -2.34. The van der Waals surface area contributed by atoms with Gasteiger partial charge in [-0.1, -0.05) is 11.6 Å². The summed E-state index contributed by atoms with van der Waals surface area (Å²) >= 11 is 8.86. The van der Waals surface area contributed by atoms with Gasteiger partial charge in [0.15, 0.2) is 0 Å². The van der Waals surface area contributed by atoms with Crippen molar-refractivity contribution in [1.29, 1.82) is 0 Å². The van der Waals surface area contributed by atoms with Gasteiger partial charge in [-0.25, -0.2) is 18.4 Å². The van der Waals surface area contributed by atoms with E-state index in [2.05, 4.69) is 25.9 Å². The van der Waals surface area contributed by atoms with Gasteiger partial charge in [-0.2, -0.15) is 17.5 Å². The molecule has 0 bridgehead atoms. The van der Waals surface area contributed by atoms with E-state index >= 15 is 0 Å². The Hall–Kier alpha value is -1.43. The number of nitrogens with zero attached hydrogens (tertiary/aromatic N) is 4. The maximum Gasteiger partial charge on any atom is 0.416 e. The number of alkyl halides is 3. The zero-order valence-electron chi connectivity index (χ0n) is 13.6. The zero-order valence-corrected chi connectivity index (χ0v) is 16.8. The Morgan fingerprint density at radius 1 is 1.11 bits per heavy atom. The highest BCUT2D eigenvalue weighted by Gasteiger charge is 2.33. The first-order valence-electron chi connectivity index (χ1n) is 7.69. The summed E-state index contributed by atoms with van der Waals surface area (Å²) in [5.74, 6) is 0.0668. The molecule has 0 saturated carbocycles. The Morgan fingerprint density at radius 3 is 2.33 bits per heavy atom. The van der Waals surface area contributed by atoms with Crippen molar-refractivity contribution in [2.24, 2.45) is 0 Å². The Labute approximate surface area is 167 Å². The molecule has 0 amide bonds. The van der Waals surface area contributed by atoms with E-state index in [-0.39, 0.29) is 42.0 Å². The second-order valence-electron chi connectivity index (χ2n) is 5.74. The highest BCUT2D eigenvalue weighted by atomic mass is 79.9. The minimum absolute atomic E-state index is 0.0550. The first kappa shape index (κ1) is 20.3. The van der Waals surface area contributed by atoms with Crippen LogP contribution in [0.15, 0.2) is 40.0 Å². The summed E-state index contributed by atoms with van der Waals surface area (Å²) in [7, 11) is -3.73. The summed E-state index contributed by atoms with van der Waals surface area (Å²) in [4.78, 5) is 9.48. The predicted octanol–water partition coefficient (Wildman–Crippen LogP) is 3.42. The molecule has 2 aromatic rings. The van der Waals surface area contributed by atoms with Crippen LogP contribution in [-0.2, 0) is 16.2 Å². The van der Waals surface area contributed by atoms with E-state index < -0.39 is 21.8 Å². The number of aromatic nitrogens is 2. The third kappa shape index (κ3) is 4.53. The monoisotopic (exact) mass is 484 g/mol. The molecule has 0 unspecified atom stereocenters. The third-order valence-electron chi connectivity index (χ3n) is 4.01. The van der Waals surface area contributed by atoms with E-state index in [0.29, 0.717) is 4.60 Å². The summed E-state index contributed by atoms with van der Waals surface area (Å²) < 4.78 is 65.9. The van der Waals surface area contributed by atoms with E-state index in [1.54, 1.807) is 4.90 Å². The van der Waals surface area contributed by atoms with Crippen molar-refractivity contribution in [3.05, 3.63) is 45.8 Å². The molecule has 0 N–H and O–H groups in total. The summed E-state index contributed by atoms with van der Waals surface area (Å²) in [5, 5.41) is -0.268. The average Bonchev–Trinajstić information content (AvgIpc) is 2.61. The predicted molar refractivity (Wildman–Crippen MR) is 97.2 cm³/mol. The van der Waals surface area contributed by atoms with Gasteiger partial charge >= 0.3 is 6.18 Å². The standard InChI is InChI=1S/C15H13BrClF3N4O2S/c16-12-2-1-11(9-21-12)27(25,26)24-5-3-23(4-6-24)14-8-10(15(18,19)20)7-13(17)22-14/h1-2,7-9H,3-6H2. The van der Waals surface area contributed by atoms with E-state index in [1.165, 1.54) is 22.6 Å². The van der Waals surface area contributed by atoms with Crippen LogP contribution >= 0.6 is 27.5 Å². The largest absolute Gasteiger partial charge is 0.416 e. The van der Waals surface area contributed by atoms with Crippen LogP contribution in [0.1, 0.15) is 5.56 Å². The van der Waals surface area contributed by atoms with Gasteiger partial charge in [-0.15, -0.1) is 0 Å². The molecular formula is C15H13BrClF3N4O2S. The lowest BCUT2D eigenvalue weighted by Crippen LogP contribution is -2.49.